The molecule has 1 heterocycles. The third-order valence-electron chi connectivity index (χ3n) is 5.51. The van der Waals surface area contributed by atoms with Crippen LogP contribution in [-0.4, -0.2) is 32.3 Å². The highest BCUT2D eigenvalue weighted by Gasteiger charge is 2.34. The molecule has 0 bridgehead atoms. The van der Waals surface area contributed by atoms with Crippen molar-refractivity contribution in [2.75, 3.05) is 26.4 Å². The van der Waals surface area contributed by atoms with Gasteiger partial charge in [-0.05, 0) is 35.4 Å². The van der Waals surface area contributed by atoms with Crippen LogP contribution in [0.2, 0.25) is 0 Å². The number of nitrogens with one attached hydrogen (secondary N) is 1. The Kier molecular flexibility index (Phi) is 6.40. The molecule has 0 unspecified atom stereocenters. The Hall–Kier alpha value is -2.33. The minimum Gasteiger partial charge on any atom is -0.483 e. The SMILES string of the molecule is CC(C)(C)c1ccccc1OCC(=O)NCC1(c2ccccc2)CCOCC1. The molecule has 2 aromatic carbocycles. The van der Waals surface area contributed by atoms with Crippen molar-refractivity contribution >= 4 is 5.91 Å². The van der Waals surface area contributed by atoms with E-state index in [0.717, 1.165) is 37.4 Å². The van der Waals surface area contributed by atoms with Crippen molar-refractivity contribution in [1.82, 2.24) is 5.32 Å². The van der Waals surface area contributed by atoms with E-state index in [1.54, 1.807) is 0 Å². The number of carbonyl (C=O) groups excluding carboxylic acids is 1. The number of hydrogen-bond donors (Lipinski definition) is 1. The van der Waals surface area contributed by atoms with Crippen LogP contribution in [0.5, 0.6) is 5.75 Å². The van der Waals surface area contributed by atoms with Gasteiger partial charge in [-0.3, -0.25) is 4.79 Å². The molecule has 28 heavy (non-hydrogen) atoms. The maximum absolute atomic E-state index is 12.5. The highest BCUT2D eigenvalue weighted by atomic mass is 16.5. The van der Waals surface area contributed by atoms with Crippen LogP contribution in [0.1, 0.15) is 44.7 Å². The summed E-state index contributed by atoms with van der Waals surface area (Å²) in [6.45, 7) is 8.50. The third kappa shape index (κ3) is 4.93. The van der Waals surface area contributed by atoms with Gasteiger partial charge in [-0.15, -0.1) is 0 Å². The minimum atomic E-state index is -0.0921. The average Bonchev–Trinajstić information content (AvgIpc) is 2.71. The molecule has 1 aliphatic heterocycles. The number of ether oxygens (including phenoxy) is 2. The summed E-state index contributed by atoms with van der Waals surface area (Å²) in [6, 6.07) is 18.4. The van der Waals surface area contributed by atoms with E-state index in [9.17, 15) is 4.79 Å². The maximum atomic E-state index is 12.5. The van der Waals surface area contributed by atoms with Crippen molar-refractivity contribution in [2.24, 2.45) is 0 Å². The van der Waals surface area contributed by atoms with E-state index in [1.165, 1.54) is 5.56 Å². The molecule has 1 amide bonds. The van der Waals surface area contributed by atoms with Gasteiger partial charge < -0.3 is 14.8 Å². The molecular formula is C24H31NO3. The van der Waals surface area contributed by atoms with Crippen molar-refractivity contribution < 1.29 is 14.3 Å². The predicted octanol–water partition coefficient (Wildman–Crippen LogP) is 4.23. The zero-order chi connectivity index (χ0) is 20.0. The zero-order valence-electron chi connectivity index (χ0n) is 17.2. The Morgan fingerprint density at radius 2 is 1.68 bits per heavy atom. The largest absolute Gasteiger partial charge is 0.483 e. The first kappa shape index (κ1) is 20.4. The summed E-state index contributed by atoms with van der Waals surface area (Å²) in [5.74, 6) is 0.680. The highest BCUT2D eigenvalue weighted by molar-refractivity contribution is 5.77. The second-order valence-corrected chi connectivity index (χ2v) is 8.57. The molecule has 0 radical (unpaired) electrons. The Balaban J connectivity index is 1.62. The number of para-hydroxylation sites is 1. The number of carbonyl (C=O) groups is 1. The van der Waals surface area contributed by atoms with Gasteiger partial charge in [-0.25, -0.2) is 0 Å². The maximum Gasteiger partial charge on any atom is 0.257 e. The standard InChI is InChI=1S/C24H31NO3/c1-23(2,3)20-11-7-8-12-21(20)28-17-22(26)25-18-24(13-15-27-16-14-24)19-9-5-4-6-10-19/h4-12H,13-18H2,1-3H3,(H,25,26). The fourth-order valence-electron chi connectivity index (χ4n) is 3.80. The van der Waals surface area contributed by atoms with E-state index in [4.69, 9.17) is 9.47 Å². The number of amides is 1. The summed E-state index contributed by atoms with van der Waals surface area (Å²) < 4.78 is 11.4. The van der Waals surface area contributed by atoms with Gasteiger partial charge in [0.05, 0.1) is 0 Å². The fraction of sp³-hybridized carbons (Fsp3) is 0.458. The molecule has 1 fully saturated rings. The predicted molar refractivity (Wildman–Crippen MR) is 112 cm³/mol. The van der Waals surface area contributed by atoms with Gasteiger partial charge in [-0.2, -0.15) is 0 Å². The summed E-state index contributed by atoms with van der Waals surface area (Å²) in [5.41, 5.74) is 2.26. The van der Waals surface area contributed by atoms with Gasteiger partial charge in [-0.1, -0.05) is 69.3 Å². The zero-order valence-corrected chi connectivity index (χ0v) is 17.2. The smallest absolute Gasteiger partial charge is 0.257 e. The summed E-state index contributed by atoms with van der Waals surface area (Å²) in [4.78, 5) is 12.5. The van der Waals surface area contributed by atoms with Crippen LogP contribution in [0.25, 0.3) is 0 Å². The van der Waals surface area contributed by atoms with Crippen LogP contribution in [0.3, 0.4) is 0 Å². The summed E-state index contributed by atoms with van der Waals surface area (Å²) in [5, 5.41) is 3.10. The minimum absolute atomic E-state index is 0.0223. The van der Waals surface area contributed by atoms with Crippen molar-refractivity contribution in [3.63, 3.8) is 0 Å². The summed E-state index contributed by atoms with van der Waals surface area (Å²) in [7, 11) is 0. The Morgan fingerprint density at radius 3 is 2.36 bits per heavy atom. The number of benzene rings is 2. The van der Waals surface area contributed by atoms with Gasteiger partial charge in [0.2, 0.25) is 0 Å². The quantitative estimate of drug-likeness (QED) is 0.815. The van der Waals surface area contributed by atoms with Crippen LogP contribution in [-0.2, 0) is 20.4 Å². The lowest BCUT2D eigenvalue weighted by molar-refractivity contribution is -0.123. The molecule has 2 aromatic rings. The Morgan fingerprint density at radius 1 is 1.04 bits per heavy atom. The topological polar surface area (TPSA) is 47.6 Å². The van der Waals surface area contributed by atoms with Gasteiger partial charge in [0.15, 0.2) is 6.61 Å². The first-order chi connectivity index (χ1) is 13.4. The fourth-order valence-corrected chi connectivity index (χ4v) is 3.80. The van der Waals surface area contributed by atoms with Gasteiger partial charge >= 0.3 is 0 Å². The van der Waals surface area contributed by atoms with Gasteiger partial charge in [0, 0.05) is 25.2 Å². The average molecular weight is 382 g/mol. The van der Waals surface area contributed by atoms with Crippen molar-refractivity contribution in [3.8, 4) is 5.75 Å². The molecule has 0 atom stereocenters. The molecule has 0 saturated carbocycles. The third-order valence-corrected chi connectivity index (χ3v) is 5.51. The highest BCUT2D eigenvalue weighted by Crippen LogP contribution is 2.34. The summed E-state index contributed by atoms with van der Waals surface area (Å²) >= 11 is 0. The number of rotatable bonds is 6. The molecule has 0 aromatic heterocycles. The first-order valence-electron chi connectivity index (χ1n) is 10.0. The van der Waals surface area contributed by atoms with E-state index in [-0.39, 0.29) is 23.3 Å². The van der Waals surface area contributed by atoms with Gasteiger partial charge in [0.25, 0.3) is 5.91 Å². The molecule has 0 spiro atoms. The second kappa shape index (κ2) is 8.78. The van der Waals surface area contributed by atoms with E-state index < -0.39 is 0 Å². The van der Waals surface area contributed by atoms with Crippen LogP contribution in [0.15, 0.2) is 54.6 Å². The van der Waals surface area contributed by atoms with E-state index in [1.807, 2.05) is 24.3 Å². The Labute approximate surface area is 168 Å². The molecule has 0 aliphatic carbocycles. The lowest BCUT2D eigenvalue weighted by Gasteiger charge is -2.38. The number of hydrogen-bond acceptors (Lipinski definition) is 3. The van der Waals surface area contributed by atoms with Crippen molar-refractivity contribution in [3.05, 3.63) is 65.7 Å². The van der Waals surface area contributed by atoms with Crippen molar-refractivity contribution in [2.45, 2.75) is 44.4 Å². The van der Waals surface area contributed by atoms with Crippen LogP contribution < -0.4 is 10.1 Å². The lowest BCUT2D eigenvalue weighted by Crippen LogP contribution is -2.45. The van der Waals surface area contributed by atoms with E-state index in [2.05, 4.69) is 56.4 Å². The lowest BCUT2D eigenvalue weighted by atomic mass is 9.74. The molecule has 1 saturated heterocycles. The molecule has 150 valence electrons. The van der Waals surface area contributed by atoms with E-state index >= 15 is 0 Å². The molecule has 1 aliphatic rings. The van der Waals surface area contributed by atoms with E-state index in [0.29, 0.717) is 6.54 Å². The Bertz CT molecular complexity index is 774. The molecular weight excluding hydrogens is 350 g/mol. The van der Waals surface area contributed by atoms with Crippen molar-refractivity contribution in [1.29, 1.82) is 0 Å². The second-order valence-electron chi connectivity index (χ2n) is 8.57. The van der Waals surface area contributed by atoms with Crippen LogP contribution >= 0.6 is 0 Å². The monoisotopic (exact) mass is 381 g/mol. The normalized spacial score (nSPS) is 16.4. The molecule has 1 N–H and O–H groups in total. The molecule has 3 rings (SSSR count). The van der Waals surface area contributed by atoms with Crippen LogP contribution in [0.4, 0.5) is 0 Å². The van der Waals surface area contributed by atoms with Crippen LogP contribution in [0, 0.1) is 0 Å². The van der Waals surface area contributed by atoms with Gasteiger partial charge in [0.1, 0.15) is 5.75 Å². The first-order valence-corrected chi connectivity index (χ1v) is 10.0. The molecule has 4 nitrogen and oxygen atoms in total. The molecule has 4 heteroatoms. The summed E-state index contributed by atoms with van der Waals surface area (Å²) in [6.07, 6.45) is 1.82.